The van der Waals surface area contributed by atoms with Crippen molar-refractivity contribution in [3.05, 3.63) is 85.1 Å². The van der Waals surface area contributed by atoms with E-state index in [0.717, 1.165) is 103 Å². The van der Waals surface area contributed by atoms with Gasteiger partial charge in [-0.15, -0.1) is 0 Å². The monoisotopic (exact) mass is 905 g/mol. The molecule has 0 saturated heterocycles. The molecule has 6 nitrogen and oxygen atoms in total. The highest BCUT2D eigenvalue weighted by Gasteiger charge is 2.19. The van der Waals surface area contributed by atoms with Crippen molar-refractivity contribution in [3.8, 4) is 0 Å². The predicted octanol–water partition coefficient (Wildman–Crippen LogP) is 18.0. The van der Waals surface area contributed by atoms with Crippen LogP contribution < -0.4 is 0 Å². The van der Waals surface area contributed by atoms with Crippen molar-refractivity contribution >= 4 is 17.9 Å². The fourth-order valence-electron chi connectivity index (χ4n) is 7.31. The number of rotatable bonds is 48. The van der Waals surface area contributed by atoms with Gasteiger partial charge in [0.1, 0.15) is 13.2 Å². The van der Waals surface area contributed by atoms with Crippen molar-refractivity contribution in [1.82, 2.24) is 0 Å². The Kier molecular flexibility index (Phi) is 50.4. The first-order valence-corrected chi connectivity index (χ1v) is 27.1. The molecule has 0 aliphatic heterocycles. The summed E-state index contributed by atoms with van der Waals surface area (Å²) in [5, 5.41) is 0. The Hall–Kier alpha value is -3.41. The van der Waals surface area contributed by atoms with E-state index < -0.39 is 6.10 Å². The number of hydrogen-bond acceptors (Lipinski definition) is 6. The lowest BCUT2D eigenvalue weighted by molar-refractivity contribution is -0.167. The van der Waals surface area contributed by atoms with Crippen LogP contribution in [0.15, 0.2) is 85.1 Å². The van der Waals surface area contributed by atoms with E-state index in [9.17, 15) is 14.4 Å². The van der Waals surface area contributed by atoms with Crippen LogP contribution in [0.2, 0.25) is 0 Å². The van der Waals surface area contributed by atoms with Crippen molar-refractivity contribution in [2.45, 2.75) is 258 Å². The third kappa shape index (κ3) is 51.4. The van der Waals surface area contributed by atoms with Gasteiger partial charge in [-0.1, -0.05) is 228 Å². The highest BCUT2D eigenvalue weighted by Crippen LogP contribution is 2.15. The normalized spacial score (nSPS) is 12.7. The van der Waals surface area contributed by atoms with Gasteiger partial charge in [0.25, 0.3) is 0 Å². The van der Waals surface area contributed by atoms with E-state index in [0.29, 0.717) is 19.3 Å². The first-order valence-electron chi connectivity index (χ1n) is 27.1. The van der Waals surface area contributed by atoms with E-state index in [1.165, 1.54) is 109 Å². The Morgan fingerprint density at radius 1 is 0.323 bits per heavy atom. The molecule has 0 N–H and O–H groups in total. The van der Waals surface area contributed by atoms with Crippen molar-refractivity contribution < 1.29 is 28.6 Å². The molecule has 0 aromatic carbocycles. The molecule has 65 heavy (non-hydrogen) atoms. The van der Waals surface area contributed by atoms with Gasteiger partial charge in [0.2, 0.25) is 0 Å². The fraction of sp³-hybridized carbons (Fsp3) is 0.712. The second-order valence-electron chi connectivity index (χ2n) is 17.8. The molecule has 0 fully saturated rings. The molecular formula is C59H100O6. The van der Waals surface area contributed by atoms with Crippen molar-refractivity contribution in [2.24, 2.45) is 0 Å². The van der Waals surface area contributed by atoms with Crippen molar-refractivity contribution in [2.75, 3.05) is 13.2 Å². The van der Waals surface area contributed by atoms with E-state index in [-0.39, 0.29) is 31.1 Å². The van der Waals surface area contributed by atoms with E-state index in [2.05, 4.69) is 106 Å². The molecule has 0 aromatic rings. The van der Waals surface area contributed by atoms with E-state index in [1.807, 2.05) is 0 Å². The number of allylic oxidation sites excluding steroid dienone is 14. The number of carbonyl (C=O) groups excluding carboxylic acids is 3. The predicted molar refractivity (Wildman–Crippen MR) is 279 cm³/mol. The standard InChI is InChI=1S/C59H100O6/c1-4-7-10-13-16-19-22-24-26-27-28-29-30-31-33-34-37-40-43-46-49-52-58(61)64-55-56(54-63-57(60)51-48-45-42-39-36-21-18-15-12-9-6-3)65-59(62)53-50-47-44-41-38-35-32-25-23-20-17-14-11-8-5-2/h7,10,15-16,18-19,24,26,28-29,31,33,37,40,56H,4-6,8-9,11-14,17,20-23,25,27,30,32,34-36,38-39,41-55H2,1-3H3/b10-7-,18-15-,19-16-,26-24-,29-28-,33-31-,40-37-. The van der Waals surface area contributed by atoms with Crippen LogP contribution in [0.4, 0.5) is 0 Å². The van der Waals surface area contributed by atoms with Crippen LogP contribution in [-0.4, -0.2) is 37.2 Å². The maximum atomic E-state index is 12.8. The molecule has 1 unspecified atom stereocenters. The van der Waals surface area contributed by atoms with Crippen LogP contribution in [-0.2, 0) is 28.6 Å². The molecule has 1 atom stereocenters. The molecule has 0 saturated carbocycles. The van der Waals surface area contributed by atoms with E-state index >= 15 is 0 Å². The maximum Gasteiger partial charge on any atom is 0.306 e. The van der Waals surface area contributed by atoms with Gasteiger partial charge >= 0.3 is 17.9 Å². The van der Waals surface area contributed by atoms with Crippen LogP contribution in [0.1, 0.15) is 252 Å². The minimum Gasteiger partial charge on any atom is -0.462 e. The first kappa shape index (κ1) is 61.6. The molecule has 0 heterocycles. The van der Waals surface area contributed by atoms with Gasteiger partial charge in [-0.25, -0.2) is 0 Å². The SMILES string of the molecule is CC/C=C\C/C=C\C/C=C\C/C=C\C/C=C\C/C=C\CCCCC(=O)OCC(COC(=O)CCCCCCC/C=C\CCCC)OC(=O)CCCCCCCCCCCCCCCCC. The molecule has 6 heteroatoms. The fourth-order valence-corrected chi connectivity index (χ4v) is 7.31. The minimum absolute atomic E-state index is 0.0935. The Labute approximate surface area is 401 Å². The molecule has 0 amide bonds. The van der Waals surface area contributed by atoms with Crippen LogP contribution >= 0.6 is 0 Å². The lowest BCUT2D eigenvalue weighted by atomic mass is 10.0. The Balaban J connectivity index is 4.43. The van der Waals surface area contributed by atoms with Gasteiger partial charge in [0.15, 0.2) is 6.10 Å². The maximum absolute atomic E-state index is 12.8. The lowest BCUT2D eigenvalue weighted by Crippen LogP contribution is -2.30. The number of carbonyl (C=O) groups is 3. The topological polar surface area (TPSA) is 78.9 Å². The number of hydrogen-bond donors (Lipinski definition) is 0. The molecule has 0 aliphatic carbocycles. The molecule has 0 rings (SSSR count). The highest BCUT2D eigenvalue weighted by atomic mass is 16.6. The molecule has 372 valence electrons. The molecule has 0 radical (unpaired) electrons. The van der Waals surface area contributed by atoms with Crippen LogP contribution in [0.5, 0.6) is 0 Å². The summed E-state index contributed by atoms with van der Waals surface area (Å²) in [5.41, 5.74) is 0. The Morgan fingerprint density at radius 2 is 0.615 bits per heavy atom. The van der Waals surface area contributed by atoms with Gasteiger partial charge in [-0.05, 0) is 89.9 Å². The lowest BCUT2D eigenvalue weighted by Gasteiger charge is -2.18. The second-order valence-corrected chi connectivity index (χ2v) is 17.8. The zero-order chi connectivity index (χ0) is 47.2. The summed E-state index contributed by atoms with van der Waals surface area (Å²) in [6, 6.07) is 0. The summed E-state index contributed by atoms with van der Waals surface area (Å²) in [5.74, 6) is -0.944. The summed E-state index contributed by atoms with van der Waals surface area (Å²) < 4.78 is 16.8. The third-order valence-electron chi connectivity index (χ3n) is 11.4. The average Bonchev–Trinajstić information content (AvgIpc) is 3.30. The number of unbranched alkanes of at least 4 members (excludes halogenated alkanes) is 23. The van der Waals surface area contributed by atoms with Gasteiger partial charge in [0, 0.05) is 19.3 Å². The Bertz CT molecular complexity index is 1270. The van der Waals surface area contributed by atoms with Gasteiger partial charge in [-0.3, -0.25) is 14.4 Å². The van der Waals surface area contributed by atoms with Crippen LogP contribution in [0.3, 0.4) is 0 Å². The largest absolute Gasteiger partial charge is 0.462 e. The third-order valence-corrected chi connectivity index (χ3v) is 11.4. The van der Waals surface area contributed by atoms with Crippen molar-refractivity contribution in [3.63, 3.8) is 0 Å². The summed E-state index contributed by atoms with van der Waals surface area (Å²) in [6.07, 6.45) is 68.6. The van der Waals surface area contributed by atoms with Gasteiger partial charge < -0.3 is 14.2 Å². The molecule has 0 bridgehead atoms. The second kappa shape index (κ2) is 53.2. The molecule has 0 aromatic heterocycles. The van der Waals surface area contributed by atoms with Crippen molar-refractivity contribution in [1.29, 1.82) is 0 Å². The Morgan fingerprint density at radius 3 is 1.03 bits per heavy atom. The first-order chi connectivity index (χ1) is 32.0. The highest BCUT2D eigenvalue weighted by molar-refractivity contribution is 5.71. The summed E-state index contributed by atoms with van der Waals surface area (Å²) in [4.78, 5) is 38.0. The van der Waals surface area contributed by atoms with Crippen LogP contribution in [0.25, 0.3) is 0 Å². The zero-order valence-corrected chi connectivity index (χ0v) is 42.5. The number of esters is 3. The minimum atomic E-state index is -0.795. The van der Waals surface area contributed by atoms with Gasteiger partial charge in [0.05, 0.1) is 0 Å². The zero-order valence-electron chi connectivity index (χ0n) is 42.5. The van der Waals surface area contributed by atoms with E-state index in [1.54, 1.807) is 0 Å². The summed E-state index contributed by atoms with van der Waals surface area (Å²) >= 11 is 0. The molecule has 0 spiro atoms. The number of ether oxygens (including phenoxy) is 3. The average molecular weight is 905 g/mol. The van der Waals surface area contributed by atoms with E-state index in [4.69, 9.17) is 14.2 Å². The van der Waals surface area contributed by atoms with Gasteiger partial charge in [-0.2, -0.15) is 0 Å². The summed E-state index contributed by atoms with van der Waals surface area (Å²) in [7, 11) is 0. The molecule has 0 aliphatic rings. The quantitative estimate of drug-likeness (QED) is 0.0262. The summed E-state index contributed by atoms with van der Waals surface area (Å²) in [6.45, 7) is 6.45. The molecular weight excluding hydrogens is 805 g/mol. The van der Waals surface area contributed by atoms with Crippen LogP contribution in [0, 0.1) is 0 Å². The smallest absolute Gasteiger partial charge is 0.306 e.